The van der Waals surface area contributed by atoms with Gasteiger partial charge in [-0.3, -0.25) is 9.59 Å². The topological polar surface area (TPSA) is 63.4 Å². The van der Waals surface area contributed by atoms with E-state index in [4.69, 9.17) is 5.73 Å². The molecule has 1 aliphatic heterocycles. The molecule has 0 unspecified atom stereocenters. The SMILES string of the molecule is Cc1ccc(CCC2CCN(C(=O)c3ccccc3SCC(N)=O)CC2)cc1. The molecule has 1 saturated heterocycles. The van der Waals surface area contributed by atoms with Gasteiger partial charge in [-0.25, -0.2) is 0 Å². The number of thioether (sulfide) groups is 1. The van der Waals surface area contributed by atoms with Gasteiger partial charge in [-0.1, -0.05) is 42.0 Å². The Kier molecular flexibility index (Phi) is 7.15. The Morgan fingerprint density at radius 3 is 2.43 bits per heavy atom. The number of benzene rings is 2. The standard InChI is InChI=1S/C23H28N2O2S/c1-17-6-8-18(9-7-17)10-11-19-12-14-25(15-13-19)23(27)20-4-2-3-5-21(20)28-16-22(24)26/h2-9,19H,10-16H2,1H3,(H2,24,26). The summed E-state index contributed by atoms with van der Waals surface area (Å²) in [5.74, 6) is 0.543. The Morgan fingerprint density at radius 1 is 1.07 bits per heavy atom. The monoisotopic (exact) mass is 396 g/mol. The van der Waals surface area contributed by atoms with E-state index < -0.39 is 0 Å². The number of likely N-dealkylation sites (tertiary alicyclic amines) is 1. The van der Waals surface area contributed by atoms with Crippen LogP contribution in [0.25, 0.3) is 0 Å². The lowest BCUT2D eigenvalue weighted by Gasteiger charge is -2.32. The molecule has 4 nitrogen and oxygen atoms in total. The van der Waals surface area contributed by atoms with Crippen LogP contribution in [-0.4, -0.2) is 35.6 Å². The number of hydrogen-bond donors (Lipinski definition) is 1. The Hall–Kier alpha value is -2.27. The highest BCUT2D eigenvalue weighted by Crippen LogP contribution is 2.27. The zero-order valence-corrected chi connectivity index (χ0v) is 17.2. The maximum absolute atomic E-state index is 13.0. The van der Waals surface area contributed by atoms with E-state index in [9.17, 15) is 9.59 Å². The first-order valence-corrected chi connectivity index (χ1v) is 10.9. The summed E-state index contributed by atoms with van der Waals surface area (Å²) in [6.07, 6.45) is 4.38. The van der Waals surface area contributed by atoms with Crippen LogP contribution < -0.4 is 5.73 Å². The lowest BCUT2D eigenvalue weighted by Crippen LogP contribution is -2.38. The third-order valence-corrected chi connectivity index (χ3v) is 6.45. The lowest BCUT2D eigenvalue weighted by atomic mass is 9.90. The van der Waals surface area contributed by atoms with Crippen molar-refractivity contribution >= 4 is 23.6 Å². The molecule has 0 aliphatic carbocycles. The van der Waals surface area contributed by atoms with Gasteiger partial charge in [0.15, 0.2) is 0 Å². The third kappa shape index (κ3) is 5.61. The van der Waals surface area contributed by atoms with Gasteiger partial charge < -0.3 is 10.6 Å². The predicted molar refractivity (Wildman–Crippen MR) is 114 cm³/mol. The number of piperidine rings is 1. The smallest absolute Gasteiger partial charge is 0.254 e. The minimum absolute atomic E-state index is 0.0598. The lowest BCUT2D eigenvalue weighted by molar-refractivity contribution is -0.115. The molecule has 2 aromatic rings. The van der Waals surface area contributed by atoms with Gasteiger partial charge in [0.1, 0.15) is 0 Å². The summed E-state index contributed by atoms with van der Waals surface area (Å²) in [6, 6.07) is 16.3. The van der Waals surface area contributed by atoms with Gasteiger partial charge in [-0.15, -0.1) is 11.8 Å². The molecule has 1 heterocycles. The highest BCUT2D eigenvalue weighted by atomic mass is 32.2. The summed E-state index contributed by atoms with van der Waals surface area (Å²) in [5.41, 5.74) is 8.61. The van der Waals surface area contributed by atoms with Crippen LogP contribution in [-0.2, 0) is 11.2 Å². The number of nitrogens with two attached hydrogens (primary N) is 1. The first kappa shape index (κ1) is 20.5. The molecule has 1 aliphatic rings. The van der Waals surface area contributed by atoms with E-state index in [0.29, 0.717) is 11.5 Å². The van der Waals surface area contributed by atoms with Crippen molar-refractivity contribution in [3.05, 3.63) is 65.2 Å². The number of carbonyl (C=O) groups excluding carboxylic acids is 2. The first-order chi connectivity index (χ1) is 13.5. The Bertz CT molecular complexity index is 812. The van der Waals surface area contributed by atoms with Crippen molar-refractivity contribution in [3.8, 4) is 0 Å². The number of nitrogens with zero attached hydrogens (tertiary/aromatic N) is 1. The molecule has 2 N–H and O–H groups in total. The van der Waals surface area contributed by atoms with Crippen LogP contribution in [0.2, 0.25) is 0 Å². The van der Waals surface area contributed by atoms with Gasteiger partial charge in [0.25, 0.3) is 5.91 Å². The van der Waals surface area contributed by atoms with Crippen LogP contribution in [0.5, 0.6) is 0 Å². The van der Waals surface area contributed by atoms with Gasteiger partial charge in [0.05, 0.1) is 11.3 Å². The Balaban J connectivity index is 1.52. The van der Waals surface area contributed by atoms with Crippen molar-refractivity contribution in [1.29, 1.82) is 0 Å². The van der Waals surface area contributed by atoms with Crippen LogP contribution in [0, 0.1) is 12.8 Å². The second-order valence-electron chi connectivity index (χ2n) is 7.51. The maximum Gasteiger partial charge on any atom is 0.254 e. The van der Waals surface area contributed by atoms with Crippen LogP contribution in [0.3, 0.4) is 0 Å². The van der Waals surface area contributed by atoms with Crippen LogP contribution in [0.1, 0.15) is 40.7 Å². The second kappa shape index (κ2) is 9.78. The minimum atomic E-state index is -0.373. The van der Waals surface area contributed by atoms with E-state index in [1.807, 2.05) is 29.2 Å². The maximum atomic E-state index is 13.0. The van der Waals surface area contributed by atoms with Gasteiger partial charge in [0, 0.05) is 18.0 Å². The zero-order valence-electron chi connectivity index (χ0n) is 16.4. The van der Waals surface area contributed by atoms with Gasteiger partial charge >= 0.3 is 0 Å². The largest absolute Gasteiger partial charge is 0.369 e. The molecule has 0 radical (unpaired) electrons. The summed E-state index contributed by atoms with van der Waals surface area (Å²) < 4.78 is 0. The third-order valence-electron chi connectivity index (χ3n) is 5.35. The van der Waals surface area contributed by atoms with Gasteiger partial charge in [-0.2, -0.15) is 0 Å². The molecule has 5 heteroatoms. The molecule has 0 bridgehead atoms. The average Bonchev–Trinajstić information content (AvgIpc) is 2.72. The van der Waals surface area contributed by atoms with Crippen molar-refractivity contribution in [3.63, 3.8) is 0 Å². The number of aryl methyl sites for hydroxylation is 2. The van der Waals surface area contributed by atoms with Crippen molar-refractivity contribution in [2.45, 2.75) is 37.5 Å². The van der Waals surface area contributed by atoms with E-state index >= 15 is 0 Å². The number of amides is 2. The normalized spacial score (nSPS) is 14.8. The molecule has 0 spiro atoms. The molecule has 2 amide bonds. The van der Waals surface area contributed by atoms with Crippen molar-refractivity contribution in [1.82, 2.24) is 4.90 Å². The highest BCUT2D eigenvalue weighted by Gasteiger charge is 2.25. The summed E-state index contributed by atoms with van der Waals surface area (Å²) >= 11 is 1.33. The molecular weight excluding hydrogens is 368 g/mol. The molecular formula is C23H28N2O2S. The Labute approximate surface area is 171 Å². The molecule has 148 valence electrons. The molecule has 0 atom stereocenters. The predicted octanol–water partition coefficient (Wildman–Crippen LogP) is 4.06. The van der Waals surface area contributed by atoms with Crippen LogP contribution in [0.4, 0.5) is 0 Å². The number of hydrogen-bond acceptors (Lipinski definition) is 3. The number of rotatable bonds is 7. The van der Waals surface area contributed by atoms with E-state index in [0.717, 1.165) is 37.2 Å². The zero-order chi connectivity index (χ0) is 19.9. The van der Waals surface area contributed by atoms with Crippen molar-refractivity contribution in [2.75, 3.05) is 18.8 Å². The van der Waals surface area contributed by atoms with Crippen LogP contribution in [0.15, 0.2) is 53.4 Å². The molecule has 0 saturated carbocycles. The van der Waals surface area contributed by atoms with E-state index in [-0.39, 0.29) is 17.6 Å². The van der Waals surface area contributed by atoms with Gasteiger partial charge in [0.2, 0.25) is 5.91 Å². The number of carbonyl (C=O) groups is 2. The fourth-order valence-corrected chi connectivity index (χ4v) is 4.42. The summed E-state index contributed by atoms with van der Waals surface area (Å²) in [7, 11) is 0. The summed E-state index contributed by atoms with van der Waals surface area (Å²) in [6.45, 7) is 3.71. The highest BCUT2D eigenvalue weighted by molar-refractivity contribution is 8.00. The fourth-order valence-electron chi connectivity index (χ4n) is 3.64. The molecule has 28 heavy (non-hydrogen) atoms. The number of primary amides is 1. The first-order valence-electron chi connectivity index (χ1n) is 9.88. The van der Waals surface area contributed by atoms with E-state index in [2.05, 4.69) is 31.2 Å². The van der Waals surface area contributed by atoms with E-state index in [1.165, 1.54) is 29.3 Å². The molecule has 3 rings (SSSR count). The molecule has 2 aromatic carbocycles. The van der Waals surface area contributed by atoms with Crippen LogP contribution >= 0.6 is 11.8 Å². The fraction of sp³-hybridized carbons (Fsp3) is 0.391. The second-order valence-corrected chi connectivity index (χ2v) is 8.53. The molecule has 1 fully saturated rings. The molecule has 0 aromatic heterocycles. The van der Waals surface area contributed by atoms with E-state index in [1.54, 1.807) is 0 Å². The van der Waals surface area contributed by atoms with Gasteiger partial charge in [-0.05, 0) is 56.2 Å². The minimum Gasteiger partial charge on any atom is -0.369 e. The van der Waals surface area contributed by atoms with Crippen molar-refractivity contribution in [2.24, 2.45) is 11.7 Å². The van der Waals surface area contributed by atoms with Crippen molar-refractivity contribution < 1.29 is 9.59 Å². The average molecular weight is 397 g/mol. The summed E-state index contributed by atoms with van der Waals surface area (Å²) in [4.78, 5) is 26.8. The summed E-state index contributed by atoms with van der Waals surface area (Å²) in [5, 5.41) is 0. The Morgan fingerprint density at radius 2 is 1.75 bits per heavy atom. The quantitative estimate of drug-likeness (QED) is 0.718.